The van der Waals surface area contributed by atoms with Crippen LogP contribution in [0.2, 0.25) is 0 Å². The summed E-state index contributed by atoms with van der Waals surface area (Å²) in [7, 11) is 0. The number of hydrogen-bond acceptors (Lipinski definition) is 4. The predicted molar refractivity (Wildman–Crippen MR) is 83.1 cm³/mol. The second kappa shape index (κ2) is 7.55. The Bertz CT molecular complexity index is 554. The molecule has 0 bridgehead atoms. The summed E-state index contributed by atoms with van der Waals surface area (Å²) >= 11 is 0. The van der Waals surface area contributed by atoms with E-state index in [4.69, 9.17) is 10.5 Å². The molecule has 0 radical (unpaired) electrons. The number of ketones is 1. The molecule has 1 aromatic carbocycles. The van der Waals surface area contributed by atoms with E-state index in [0.29, 0.717) is 25.0 Å². The summed E-state index contributed by atoms with van der Waals surface area (Å²) in [4.78, 5) is 22.5. The Balaban J connectivity index is 1.92. The number of benzene rings is 1. The SMILES string of the molecule is CC(=O)C(N)CC(Cc1ccc(OC2CC(F)C2)cc1)C(=O)O. The Morgan fingerprint density at radius 2 is 1.96 bits per heavy atom. The van der Waals surface area contributed by atoms with E-state index in [2.05, 4.69) is 0 Å². The fourth-order valence-corrected chi connectivity index (χ4v) is 2.52. The summed E-state index contributed by atoms with van der Waals surface area (Å²) < 4.78 is 18.3. The summed E-state index contributed by atoms with van der Waals surface area (Å²) in [6, 6.07) is 6.33. The van der Waals surface area contributed by atoms with E-state index >= 15 is 0 Å². The minimum atomic E-state index is -0.967. The molecule has 1 aliphatic rings. The van der Waals surface area contributed by atoms with E-state index < -0.39 is 24.1 Å². The number of alkyl halides is 1. The topological polar surface area (TPSA) is 89.6 Å². The predicted octanol–water partition coefficient (Wildman–Crippen LogP) is 2.12. The molecule has 23 heavy (non-hydrogen) atoms. The smallest absolute Gasteiger partial charge is 0.306 e. The molecule has 1 aliphatic carbocycles. The molecule has 1 fully saturated rings. The average molecular weight is 323 g/mol. The van der Waals surface area contributed by atoms with Crippen LogP contribution >= 0.6 is 0 Å². The van der Waals surface area contributed by atoms with Gasteiger partial charge in [0.1, 0.15) is 23.8 Å². The number of hydrogen-bond donors (Lipinski definition) is 2. The molecule has 2 unspecified atom stereocenters. The Labute approximate surface area is 134 Å². The fraction of sp³-hybridized carbons (Fsp3) is 0.529. The number of Topliss-reactive ketones (excluding diaryl/α,β-unsaturated/α-hetero) is 1. The minimum absolute atomic E-state index is 0.0730. The van der Waals surface area contributed by atoms with Crippen molar-refractivity contribution in [3.05, 3.63) is 29.8 Å². The van der Waals surface area contributed by atoms with Crippen LogP contribution in [0.3, 0.4) is 0 Å². The van der Waals surface area contributed by atoms with Crippen molar-refractivity contribution in [2.45, 2.75) is 50.9 Å². The monoisotopic (exact) mass is 323 g/mol. The quantitative estimate of drug-likeness (QED) is 0.765. The van der Waals surface area contributed by atoms with Crippen LogP contribution in [0, 0.1) is 5.92 Å². The molecule has 0 aliphatic heterocycles. The number of halogens is 1. The molecular formula is C17H22FNO4. The zero-order valence-electron chi connectivity index (χ0n) is 13.1. The van der Waals surface area contributed by atoms with Crippen molar-refractivity contribution in [1.82, 2.24) is 0 Å². The summed E-state index contributed by atoms with van der Waals surface area (Å²) in [6.45, 7) is 1.36. The highest BCUT2D eigenvalue weighted by atomic mass is 19.1. The van der Waals surface area contributed by atoms with Gasteiger partial charge < -0.3 is 15.6 Å². The van der Waals surface area contributed by atoms with Crippen LogP contribution in [0.5, 0.6) is 5.75 Å². The van der Waals surface area contributed by atoms with Crippen LogP contribution in [0.25, 0.3) is 0 Å². The average Bonchev–Trinajstić information content (AvgIpc) is 2.46. The van der Waals surface area contributed by atoms with E-state index in [0.717, 1.165) is 5.56 Å². The number of carbonyl (C=O) groups is 2. The van der Waals surface area contributed by atoms with Gasteiger partial charge in [-0.25, -0.2) is 4.39 Å². The number of rotatable bonds is 8. The third-order valence-electron chi connectivity index (χ3n) is 4.16. The van der Waals surface area contributed by atoms with Crippen LogP contribution in [-0.4, -0.2) is 35.2 Å². The van der Waals surface area contributed by atoms with Gasteiger partial charge in [-0.2, -0.15) is 0 Å². The molecular weight excluding hydrogens is 301 g/mol. The number of carboxylic acid groups (broad SMARTS) is 1. The second-order valence-corrected chi connectivity index (χ2v) is 6.14. The van der Waals surface area contributed by atoms with Crippen LogP contribution in [0.4, 0.5) is 4.39 Å². The maximum Gasteiger partial charge on any atom is 0.306 e. The maximum absolute atomic E-state index is 12.7. The number of carboxylic acids is 1. The molecule has 1 aromatic rings. The van der Waals surface area contributed by atoms with Gasteiger partial charge in [0.2, 0.25) is 0 Å². The molecule has 0 spiro atoms. The highest BCUT2D eigenvalue weighted by Crippen LogP contribution is 2.28. The molecule has 2 rings (SSSR count). The van der Waals surface area contributed by atoms with Crippen molar-refractivity contribution in [3.63, 3.8) is 0 Å². The molecule has 0 heterocycles. The highest BCUT2D eigenvalue weighted by Gasteiger charge is 2.30. The fourth-order valence-electron chi connectivity index (χ4n) is 2.52. The largest absolute Gasteiger partial charge is 0.490 e. The first-order chi connectivity index (χ1) is 10.8. The van der Waals surface area contributed by atoms with Gasteiger partial charge in [-0.05, 0) is 37.5 Å². The first-order valence-electron chi connectivity index (χ1n) is 7.73. The van der Waals surface area contributed by atoms with Crippen molar-refractivity contribution in [2.75, 3.05) is 0 Å². The second-order valence-electron chi connectivity index (χ2n) is 6.14. The molecule has 6 heteroatoms. The van der Waals surface area contributed by atoms with E-state index in [1.165, 1.54) is 6.92 Å². The lowest BCUT2D eigenvalue weighted by Gasteiger charge is -2.30. The lowest BCUT2D eigenvalue weighted by atomic mass is 9.91. The molecule has 1 saturated carbocycles. The minimum Gasteiger partial charge on any atom is -0.490 e. The van der Waals surface area contributed by atoms with Crippen LogP contribution in [0.15, 0.2) is 24.3 Å². The lowest BCUT2D eigenvalue weighted by molar-refractivity contribution is -0.142. The van der Waals surface area contributed by atoms with Gasteiger partial charge in [0.15, 0.2) is 0 Å². The van der Waals surface area contributed by atoms with Gasteiger partial charge in [-0.1, -0.05) is 12.1 Å². The van der Waals surface area contributed by atoms with Crippen LogP contribution in [0.1, 0.15) is 31.7 Å². The zero-order chi connectivity index (χ0) is 17.0. The van der Waals surface area contributed by atoms with Gasteiger partial charge in [-0.15, -0.1) is 0 Å². The standard InChI is InChI=1S/C17H22FNO4/c1-10(20)16(19)7-12(17(21)22)6-11-2-4-14(5-3-11)23-15-8-13(18)9-15/h2-5,12-13,15-16H,6-9,19H2,1H3,(H,21,22). The number of carbonyl (C=O) groups excluding carboxylic acids is 1. The van der Waals surface area contributed by atoms with Gasteiger partial charge in [0, 0.05) is 12.8 Å². The summed E-state index contributed by atoms with van der Waals surface area (Å²) in [5, 5.41) is 9.28. The van der Waals surface area contributed by atoms with Gasteiger partial charge >= 0.3 is 5.97 Å². The summed E-state index contributed by atoms with van der Waals surface area (Å²) in [5.74, 6) is -1.24. The Morgan fingerprint density at radius 3 is 2.43 bits per heavy atom. The highest BCUT2D eigenvalue weighted by molar-refractivity contribution is 5.82. The Hall–Kier alpha value is -1.95. The van der Waals surface area contributed by atoms with E-state index in [-0.39, 0.29) is 18.3 Å². The van der Waals surface area contributed by atoms with E-state index in [9.17, 15) is 19.1 Å². The first-order valence-corrected chi connectivity index (χ1v) is 7.73. The molecule has 0 saturated heterocycles. The lowest BCUT2D eigenvalue weighted by Crippen LogP contribution is -2.34. The molecule has 126 valence electrons. The third-order valence-corrected chi connectivity index (χ3v) is 4.16. The summed E-state index contributed by atoms with van der Waals surface area (Å²) in [6.07, 6.45) is 0.421. The van der Waals surface area contributed by atoms with Crippen LogP contribution in [-0.2, 0) is 16.0 Å². The van der Waals surface area contributed by atoms with Crippen molar-refractivity contribution < 1.29 is 23.8 Å². The van der Waals surface area contributed by atoms with Gasteiger partial charge in [-0.3, -0.25) is 9.59 Å². The van der Waals surface area contributed by atoms with Crippen molar-refractivity contribution in [3.8, 4) is 5.75 Å². The van der Waals surface area contributed by atoms with Crippen molar-refractivity contribution >= 4 is 11.8 Å². The molecule has 2 atom stereocenters. The number of aliphatic carboxylic acids is 1. The molecule has 0 amide bonds. The normalized spacial score (nSPS) is 22.7. The van der Waals surface area contributed by atoms with Gasteiger partial charge in [0.25, 0.3) is 0 Å². The van der Waals surface area contributed by atoms with E-state index in [1.807, 2.05) is 0 Å². The summed E-state index contributed by atoms with van der Waals surface area (Å²) in [5.41, 5.74) is 6.49. The Kier molecular flexibility index (Phi) is 5.71. The zero-order valence-corrected chi connectivity index (χ0v) is 13.1. The number of nitrogens with two attached hydrogens (primary N) is 1. The molecule has 0 aromatic heterocycles. The molecule has 5 nitrogen and oxygen atoms in total. The van der Waals surface area contributed by atoms with Crippen molar-refractivity contribution in [1.29, 1.82) is 0 Å². The van der Waals surface area contributed by atoms with Gasteiger partial charge in [0.05, 0.1) is 12.0 Å². The van der Waals surface area contributed by atoms with Crippen LogP contribution < -0.4 is 10.5 Å². The molecule has 3 N–H and O–H groups in total. The maximum atomic E-state index is 12.7. The Morgan fingerprint density at radius 1 is 1.35 bits per heavy atom. The number of ether oxygens (including phenoxy) is 1. The van der Waals surface area contributed by atoms with E-state index in [1.54, 1.807) is 24.3 Å². The third kappa shape index (κ3) is 5.03. The van der Waals surface area contributed by atoms with Crippen molar-refractivity contribution in [2.24, 2.45) is 11.7 Å². The first kappa shape index (κ1) is 17.4.